The van der Waals surface area contributed by atoms with Crippen LogP contribution in [0, 0.1) is 0 Å². The van der Waals surface area contributed by atoms with Crippen LogP contribution in [0.1, 0.15) is 31.1 Å². The van der Waals surface area contributed by atoms with Crippen LogP contribution < -0.4 is 14.8 Å². The predicted octanol–water partition coefficient (Wildman–Crippen LogP) is 4.00. The Bertz CT molecular complexity index is 1090. The fourth-order valence-corrected chi connectivity index (χ4v) is 2.87. The summed E-state index contributed by atoms with van der Waals surface area (Å²) in [6.45, 7) is -0.484. The summed E-state index contributed by atoms with van der Waals surface area (Å²) in [6, 6.07) is 19.8. The predicted molar refractivity (Wildman–Crippen MR) is 115 cm³/mol. The summed E-state index contributed by atoms with van der Waals surface area (Å²) in [4.78, 5) is 37.6. The van der Waals surface area contributed by atoms with Gasteiger partial charge in [0.15, 0.2) is 6.61 Å². The maximum atomic E-state index is 12.6. The van der Waals surface area contributed by atoms with Gasteiger partial charge in [-0.1, -0.05) is 30.3 Å². The van der Waals surface area contributed by atoms with Crippen LogP contribution in [0.5, 0.6) is 11.5 Å². The number of ketones is 1. The number of carbonyl (C=O) groups is 3. The molecule has 7 heteroatoms. The molecule has 0 aromatic heterocycles. The van der Waals surface area contributed by atoms with Gasteiger partial charge in [0.05, 0.1) is 31.0 Å². The standard InChI is InChI=1S/C24H21NO6/c1-29-17-12-13-19(22(14-17)30-2)21(26)15-31-24(28)18-10-6-7-11-20(18)25-23(27)16-8-4-3-5-9-16/h3-14H,15H2,1-2H3,(H,25,27). The van der Waals surface area contributed by atoms with Gasteiger partial charge in [0.2, 0.25) is 5.78 Å². The highest BCUT2D eigenvalue weighted by molar-refractivity contribution is 6.08. The van der Waals surface area contributed by atoms with Crippen LogP contribution in [0.2, 0.25) is 0 Å². The number of carbonyl (C=O) groups excluding carboxylic acids is 3. The molecule has 0 aliphatic rings. The highest BCUT2D eigenvalue weighted by Crippen LogP contribution is 2.25. The fourth-order valence-electron chi connectivity index (χ4n) is 2.87. The molecule has 0 spiro atoms. The Morgan fingerprint density at radius 2 is 1.52 bits per heavy atom. The molecule has 158 valence electrons. The third-order valence-corrected chi connectivity index (χ3v) is 4.47. The van der Waals surface area contributed by atoms with Crippen molar-refractivity contribution in [3.8, 4) is 11.5 Å². The molecule has 1 N–H and O–H groups in total. The van der Waals surface area contributed by atoms with Crippen LogP contribution >= 0.6 is 0 Å². The maximum absolute atomic E-state index is 12.6. The van der Waals surface area contributed by atoms with Crippen molar-refractivity contribution in [1.29, 1.82) is 0 Å². The van der Waals surface area contributed by atoms with E-state index in [1.165, 1.54) is 20.3 Å². The Labute approximate surface area is 179 Å². The monoisotopic (exact) mass is 419 g/mol. The SMILES string of the molecule is COc1ccc(C(=O)COC(=O)c2ccccc2NC(=O)c2ccccc2)c(OC)c1. The lowest BCUT2D eigenvalue weighted by molar-refractivity contribution is 0.0475. The second-order valence-electron chi connectivity index (χ2n) is 6.43. The number of rotatable bonds is 8. The van der Waals surface area contributed by atoms with Crippen LogP contribution in [0.15, 0.2) is 72.8 Å². The van der Waals surface area contributed by atoms with Crippen LogP contribution in [-0.2, 0) is 4.74 Å². The molecule has 0 aliphatic heterocycles. The smallest absolute Gasteiger partial charge is 0.340 e. The third-order valence-electron chi connectivity index (χ3n) is 4.47. The van der Waals surface area contributed by atoms with E-state index < -0.39 is 18.4 Å². The molecule has 0 saturated carbocycles. The second-order valence-corrected chi connectivity index (χ2v) is 6.43. The van der Waals surface area contributed by atoms with Crippen molar-refractivity contribution < 1.29 is 28.6 Å². The van der Waals surface area contributed by atoms with Crippen molar-refractivity contribution >= 4 is 23.3 Å². The van der Waals surface area contributed by atoms with Crippen LogP contribution in [0.25, 0.3) is 0 Å². The number of esters is 1. The van der Waals surface area contributed by atoms with Crippen LogP contribution in [0.4, 0.5) is 5.69 Å². The largest absolute Gasteiger partial charge is 0.497 e. The first-order chi connectivity index (χ1) is 15.0. The molecule has 0 heterocycles. The number of nitrogens with one attached hydrogen (secondary N) is 1. The number of para-hydroxylation sites is 1. The van der Waals surface area contributed by atoms with Crippen molar-refractivity contribution in [2.75, 3.05) is 26.1 Å². The highest BCUT2D eigenvalue weighted by atomic mass is 16.5. The zero-order chi connectivity index (χ0) is 22.2. The molecule has 0 aliphatic carbocycles. The first-order valence-electron chi connectivity index (χ1n) is 9.41. The Morgan fingerprint density at radius 3 is 2.23 bits per heavy atom. The quantitative estimate of drug-likeness (QED) is 0.438. The molecule has 3 aromatic rings. The van der Waals surface area contributed by atoms with E-state index in [1.54, 1.807) is 66.7 Å². The Kier molecular flexibility index (Phi) is 7.01. The molecule has 7 nitrogen and oxygen atoms in total. The second kappa shape index (κ2) is 10.1. The molecule has 3 rings (SSSR count). The molecular weight excluding hydrogens is 398 g/mol. The van der Waals surface area contributed by atoms with E-state index in [9.17, 15) is 14.4 Å². The zero-order valence-electron chi connectivity index (χ0n) is 17.1. The molecule has 0 bridgehead atoms. The van der Waals surface area contributed by atoms with Gasteiger partial charge in [-0.25, -0.2) is 4.79 Å². The van der Waals surface area contributed by atoms with E-state index in [4.69, 9.17) is 14.2 Å². The molecule has 0 saturated heterocycles. The molecule has 0 fully saturated rings. The summed E-state index contributed by atoms with van der Waals surface area (Å²) in [5, 5.41) is 2.70. The zero-order valence-corrected chi connectivity index (χ0v) is 17.1. The maximum Gasteiger partial charge on any atom is 0.340 e. The van der Waals surface area contributed by atoms with Gasteiger partial charge in [-0.05, 0) is 36.4 Å². The lowest BCUT2D eigenvalue weighted by Crippen LogP contribution is -2.18. The van der Waals surface area contributed by atoms with E-state index in [1.807, 2.05) is 0 Å². The van der Waals surface area contributed by atoms with E-state index in [0.29, 0.717) is 17.1 Å². The summed E-state index contributed by atoms with van der Waals surface area (Å²) < 4.78 is 15.5. The van der Waals surface area contributed by atoms with E-state index in [2.05, 4.69) is 5.32 Å². The minimum atomic E-state index is -0.732. The van der Waals surface area contributed by atoms with Crippen LogP contribution in [0.3, 0.4) is 0 Å². The normalized spacial score (nSPS) is 10.1. The van der Waals surface area contributed by atoms with E-state index in [-0.39, 0.29) is 22.7 Å². The minimum absolute atomic E-state index is 0.140. The number of hydrogen-bond acceptors (Lipinski definition) is 6. The average Bonchev–Trinajstić information content (AvgIpc) is 2.82. The molecule has 0 atom stereocenters. The molecular formula is C24H21NO6. The number of anilines is 1. The first kappa shape index (κ1) is 21.6. The third kappa shape index (κ3) is 5.27. The van der Waals surface area contributed by atoms with E-state index in [0.717, 1.165) is 0 Å². The lowest BCUT2D eigenvalue weighted by Gasteiger charge is -2.12. The molecule has 1 amide bonds. The van der Waals surface area contributed by atoms with Gasteiger partial charge in [0, 0.05) is 11.6 Å². The molecule has 0 unspecified atom stereocenters. The highest BCUT2D eigenvalue weighted by Gasteiger charge is 2.19. The number of Topliss-reactive ketones (excluding diaryl/α,β-unsaturated/α-hetero) is 1. The number of amides is 1. The van der Waals surface area contributed by atoms with E-state index >= 15 is 0 Å². The van der Waals surface area contributed by atoms with Gasteiger partial charge in [0.1, 0.15) is 11.5 Å². The Balaban J connectivity index is 1.70. The van der Waals surface area contributed by atoms with Gasteiger partial charge in [-0.3, -0.25) is 9.59 Å². The average molecular weight is 419 g/mol. The summed E-state index contributed by atoms with van der Waals surface area (Å²) in [6.07, 6.45) is 0. The van der Waals surface area contributed by atoms with Gasteiger partial charge in [-0.2, -0.15) is 0 Å². The lowest BCUT2D eigenvalue weighted by atomic mass is 10.1. The van der Waals surface area contributed by atoms with Gasteiger partial charge in [-0.15, -0.1) is 0 Å². The summed E-state index contributed by atoms with van der Waals surface area (Å²) in [5.74, 6) is -0.673. The number of hydrogen-bond donors (Lipinski definition) is 1. The van der Waals surface area contributed by atoms with Crippen molar-refractivity contribution in [2.45, 2.75) is 0 Å². The van der Waals surface area contributed by atoms with Crippen molar-refractivity contribution in [2.24, 2.45) is 0 Å². The molecule has 3 aromatic carbocycles. The fraction of sp³-hybridized carbons (Fsp3) is 0.125. The van der Waals surface area contributed by atoms with Gasteiger partial charge >= 0.3 is 5.97 Å². The number of ether oxygens (including phenoxy) is 3. The van der Waals surface area contributed by atoms with Crippen molar-refractivity contribution in [3.63, 3.8) is 0 Å². The summed E-state index contributed by atoms with van der Waals surface area (Å²) in [7, 11) is 2.94. The van der Waals surface area contributed by atoms with Crippen LogP contribution in [-0.4, -0.2) is 38.5 Å². The summed E-state index contributed by atoms with van der Waals surface area (Å²) in [5.41, 5.74) is 1.14. The number of benzene rings is 3. The van der Waals surface area contributed by atoms with Crippen molar-refractivity contribution in [1.82, 2.24) is 0 Å². The summed E-state index contributed by atoms with van der Waals surface area (Å²) >= 11 is 0. The Hall–Kier alpha value is -4.13. The van der Waals surface area contributed by atoms with Gasteiger partial charge < -0.3 is 19.5 Å². The first-order valence-corrected chi connectivity index (χ1v) is 9.41. The number of methoxy groups -OCH3 is 2. The van der Waals surface area contributed by atoms with Gasteiger partial charge in [0.25, 0.3) is 5.91 Å². The molecule has 0 radical (unpaired) electrons. The minimum Gasteiger partial charge on any atom is -0.497 e. The Morgan fingerprint density at radius 1 is 0.806 bits per heavy atom. The van der Waals surface area contributed by atoms with Crippen molar-refractivity contribution in [3.05, 3.63) is 89.5 Å². The topological polar surface area (TPSA) is 90.9 Å². The molecule has 31 heavy (non-hydrogen) atoms.